The van der Waals surface area contributed by atoms with E-state index in [1.807, 2.05) is 24.3 Å². The normalized spacial score (nSPS) is 23.0. The number of aromatic amines is 1. The fourth-order valence-electron chi connectivity index (χ4n) is 4.50. The van der Waals surface area contributed by atoms with Crippen LogP contribution in [-0.4, -0.2) is 23.2 Å². The number of amides is 1. The summed E-state index contributed by atoms with van der Waals surface area (Å²) in [7, 11) is 1.61. The maximum atomic E-state index is 12.4. The van der Waals surface area contributed by atoms with Crippen LogP contribution in [0.1, 0.15) is 37.7 Å². The van der Waals surface area contributed by atoms with E-state index in [0.717, 1.165) is 23.8 Å². The summed E-state index contributed by atoms with van der Waals surface area (Å²) >= 11 is 0. The number of H-pyrrole nitrogens is 1. The van der Waals surface area contributed by atoms with Crippen LogP contribution in [0.5, 0.6) is 5.75 Å². The van der Waals surface area contributed by atoms with Crippen molar-refractivity contribution in [1.82, 2.24) is 10.2 Å². The van der Waals surface area contributed by atoms with Crippen molar-refractivity contribution in [1.29, 1.82) is 5.26 Å². The van der Waals surface area contributed by atoms with Gasteiger partial charge in [0.1, 0.15) is 23.2 Å². The molecule has 27 heavy (non-hydrogen) atoms. The Labute approximate surface area is 158 Å². The van der Waals surface area contributed by atoms with Crippen molar-refractivity contribution in [2.75, 3.05) is 17.7 Å². The predicted molar refractivity (Wildman–Crippen MR) is 102 cm³/mol. The lowest BCUT2D eigenvalue weighted by Crippen LogP contribution is -2.20. The van der Waals surface area contributed by atoms with Crippen LogP contribution in [0.4, 0.5) is 17.3 Å². The number of carbonyl (C=O) groups excluding carboxylic acids is 1. The van der Waals surface area contributed by atoms with Crippen LogP contribution >= 0.6 is 0 Å². The maximum absolute atomic E-state index is 12.4. The van der Waals surface area contributed by atoms with Crippen LogP contribution in [0, 0.1) is 29.1 Å². The molecule has 2 saturated carbocycles. The molecule has 3 N–H and O–H groups in total. The van der Waals surface area contributed by atoms with E-state index in [4.69, 9.17) is 4.74 Å². The van der Waals surface area contributed by atoms with Gasteiger partial charge in [-0.15, -0.1) is 0 Å². The molecule has 1 aromatic carbocycles. The third kappa shape index (κ3) is 3.61. The Morgan fingerprint density at radius 3 is 2.78 bits per heavy atom. The fourth-order valence-corrected chi connectivity index (χ4v) is 4.50. The van der Waals surface area contributed by atoms with Crippen LogP contribution in [-0.2, 0) is 4.79 Å². The molecule has 7 nitrogen and oxygen atoms in total. The SMILES string of the molecule is COc1ccc(Nc2[nH]nc(NC(=O)C[C@@H]3C[C@H]4CC[C@H]3C4)c2C#N)cc1. The van der Waals surface area contributed by atoms with Gasteiger partial charge in [-0.05, 0) is 61.3 Å². The number of nitrogens with zero attached hydrogens (tertiary/aromatic N) is 2. The molecule has 2 bridgehead atoms. The van der Waals surface area contributed by atoms with E-state index < -0.39 is 0 Å². The summed E-state index contributed by atoms with van der Waals surface area (Å²) in [6, 6.07) is 9.44. The van der Waals surface area contributed by atoms with Crippen LogP contribution in [0.15, 0.2) is 24.3 Å². The van der Waals surface area contributed by atoms with Crippen LogP contribution in [0.2, 0.25) is 0 Å². The van der Waals surface area contributed by atoms with Crippen molar-refractivity contribution in [3.8, 4) is 11.8 Å². The zero-order chi connectivity index (χ0) is 18.8. The molecule has 140 valence electrons. The van der Waals surface area contributed by atoms with Crippen LogP contribution in [0.25, 0.3) is 0 Å². The number of hydrogen-bond donors (Lipinski definition) is 3. The zero-order valence-electron chi connectivity index (χ0n) is 15.3. The van der Waals surface area contributed by atoms with E-state index in [2.05, 4.69) is 26.9 Å². The highest BCUT2D eigenvalue weighted by Crippen LogP contribution is 2.49. The van der Waals surface area contributed by atoms with Crippen molar-refractivity contribution in [3.63, 3.8) is 0 Å². The van der Waals surface area contributed by atoms with Crippen molar-refractivity contribution in [2.45, 2.75) is 32.1 Å². The Morgan fingerprint density at radius 2 is 2.15 bits per heavy atom. The zero-order valence-corrected chi connectivity index (χ0v) is 15.3. The Balaban J connectivity index is 1.41. The van der Waals surface area contributed by atoms with Gasteiger partial charge < -0.3 is 15.4 Å². The van der Waals surface area contributed by atoms with E-state index >= 15 is 0 Å². The van der Waals surface area contributed by atoms with Gasteiger partial charge in [-0.25, -0.2) is 0 Å². The fraction of sp³-hybridized carbons (Fsp3) is 0.450. The first-order chi connectivity index (χ1) is 13.2. The van der Waals surface area contributed by atoms with Gasteiger partial charge in [0, 0.05) is 12.1 Å². The molecule has 1 heterocycles. The third-order valence-corrected chi connectivity index (χ3v) is 5.83. The number of nitrogens with one attached hydrogen (secondary N) is 3. The number of aromatic nitrogens is 2. The second-order valence-corrected chi connectivity index (χ2v) is 7.47. The standard InChI is InChI=1S/C20H23N5O2/c1-27-16-6-4-15(5-7-16)22-19-17(11-21)20(25-24-19)23-18(26)10-14-9-12-2-3-13(14)8-12/h4-7,12-14H,2-3,8-10H2,1H3,(H3,22,23,24,25,26)/t12-,13-,14-/m0/s1. The smallest absolute Gasteiger partial charge is 0.225 e. The molecule has 0 radical (unpaired) electrons. The molecular formula is C20H23N5O2. The first-order valence-electron chi connectivity index (χ1n) is 9.35. The average Bonchev–Trinajstić information content (AvgIpc) is 3.38. The largest absolute Gasteiger partial charge is 0.497 e. The third-order valence-electron chi connectivity index (χ3n) is 5.83. The highest BCUT2D eigenvalue weighted by molar-refractivity contribution is 5.92. The van der Waals surface area contributed by atoms with Crippen molar-refractivity contribution < 1.29 is 9.53 Å². The lowest BCUT2D eigenvalue weighted by Gasteiger charge is -2.20. The van der Waals surface area contributed by atoms with Gasteiger partial charge in [0.05, 0.1) is 7.11 Å². The van der Waals surface area contributed by atoms with E-state index in [0.29, 0.717) is 29.6 Å². The summed E-state index contributed by atoms with van der Waals surface area (Å²) in [5.74, 6) is 3.41. The molecule has 7 heteroatoms. The number of benzene rings is 1. The summed E-state index contributed by atoms with van der Waals surface area (Å²) < 4.78 is 5.14. The number of rotatable bonds is 6. The van der Waals surface area contributed by atoms with Gasteiger partial charge in [-0.1, -0.05) is 6.42 Å². The quantitative estimate of drug-likeness (QED) is 0.722. The maximum Gasteiger partial charge on any atom is 0.225 e. The van der Waals surface area contributed by atoms with Gasteiger partial charge in [0.25, 0.3) is 0 Å². The summed E-state index contributed by atoms with van der Waals surface area (Å²) in [4.78, 5) is 12.4. The molecule has 1 aromatic heterocycles. The van der Waals surface area contributed by atoms with Crippen molar-refractivity contribution in [3.05, 3.63) is 29.8 Å². The lowest BCUT2D eigenvalue weighted by atomic mass is 9.86. The second kappa shape index (κ2) is 7.31. The van der Waals surface area contributed by atoms with Gasteiger partial charge in [0.2, 0.25) is 5.91 Å². The lowest BCUT2D eigenvalue weighted by molar-refractivity contribution is -0.117. The molecule has 0 aliphatic heterocycles. The summed E-state index contributed by atoms with van der Waals surface area (Å²) in [5, 5.41) is 22.3. The summed E-state index contributed by atoms with van der Waals surface area (Å²) in [5.41, 5.74) is 1.09. The first kappa shape index (κ1) is 17.4. The molecule has 3 atom stereocenters. The minimum atomic E-state index is -0.0634. The molecule has 0 unspecified atom stereocenters. The van der Waals surface area contributed by atoms with Crippen molar-refractivity contribution >= 4 is 23.2 Å². The Hall–Kier alpha value is -3.01. The van der Waals surface area contributed by atoms with Crippen LogP contribution in [0.3, 0.4) is 0 Å². The molecule has 0 spiro atoms. The summed E-state index contributed by atoms with van der Waals surface area (Å²) in [6.45, 7) is 0. The second-order valence-electron chi connectivity index (χ2n) is 7.47. The van der Waals surface area contributed by atoms with E-state index in [1.54, 1.807) is 7.11 Å². The van der Waals surface area contributed by atoms with Crippen molar-refractivity contribution in [2.24, 2.45) is 17.8 Å². The topological polar surface area (TPSA) is 103 Å². The Bertz CT molecular complexity index is 867. The molecule has 2 aromatic rings. The Morgan fingerprint density at radius 1 is 1.33 bits per heavy atom. The van der Waals surface area contributed by atoms with Gasteiger partial charge in [-0.3, -0.25) is 9.89 Å². The number of hydrogen-bond acceptors (Lipinski definition) is 5. The monoisotopic (exact) mass is 365 g/mol. The van der Waals surface area contributed by atoms with E-state index in [-0.39, 0.29) is 11.7 Å². The minimum Gasteiger partial charge on any atom is -0.497 e. The van der Waals surface area contributed by atoms with Gasteiger partial charge in [-0.2, -0.15) is 10.4 Å². The predicted octanol–water partition coefficient (Wildman–Crippen LogP) is 3.80. The van der Waals surface area contributed by atoms with Gasteiger partial charge in [0.15, 0.2) is 5.82 Å². The molecule has 2 aliphatic carbocycles. The highest BCUT2D eigenvalue weighted by atomic mass is 16.5. The average molecular weight is 365 g/mol. The molecule has 0 saturated heterocycles. The van der Waals surface area contributed by atoms with Gasteiger partial charge >= 0.3 is 0 Å². The van der Waals surface area contributed by atoms with E-state index in [9.17, 15) is 10.1 Å². The van der Waals surface area contributed by atoms with E-state index in [1.165, 1.54) is 19.3 Å². The molecule has 2 aliphatic rings. The minimum absolute atomic E-state index is 0.0634. The highest BCUT2D eigenvalue weighted by Gasteiger charge is 2.40. The molecule has 2 fully saturated rings. The Kier molecular flexibility index (Phi) is 4.71. The number of ether oxygens (including phenoxy) is 1. The first-order valence-corrected chi connectivity index (χ1v) is 9.35. The molecular weight excluding hydrogens is 342 g/mol. The number of fused-ring (bicyclic) bond motifs is 2. The van der Waals surface area contributed by atoms with Crippen LogP contribution < -0.4 is 15.4 Å². The number of carbonyl (C=O) groups is 1. The number of anilines is 3. The summed E-state index contributed by atoms with van der Waals surface area (Å²) in [6.07, 6.45) is 5.53. The molecule has 1 amide bonds. The number of methoxy groups -OCH3 is 1. The molecule has 4 rings (SSSR count). The number of nitriles is 1.